The Hall–Kier alpha value is -0.400. The van der Waals surface area contributed by atoms with E-state index in [1.165, 1.54) is 212 Å². The molecule has 4 heterocycles. The summed E-state index contributed by atoms with van der Waals surface area (Å²) in [6, 6.07) is 4.42. The van der Waals surface area contributed by atoms with Crippen molar-refractivity contribution in [3.63, 3.8) is 0 Å². The van der Waals surface area contributed by atoms with Gasteiger partial charge < -0.3 is 37.9 Å². The summed E-state index contributed by atoms with van der Waals surface area (Å²) in [5, 5.41) is 0. The molecule has 10 fully saturated rings. The largest absolute Gasteiger partial charge is 0.353 e. The van der Waals surface area contributed by atoms with Crippen LogP contribution in [0.1, 0.15) is 258 Å². The van der Waals surface area contributed by atoms with Gasteiger partial charge in [-0.2, -0.15) is 0 Å². The second kappa shape index (κ2) is 30.2. The Kier molecular flexibility index (Phi) is 23.4. The van der Waals surface area contributed by atoms with Crippen molar-refractivity contribution in [1.29, 1.82) is 0 Å². The number of hydrogen-bond donors (Lipinski definition) is 0. The molecule has 10 heteroatoms. The van der Waals surface area contributed by atoms with Crippen molar-refractivity contribution < 1.29 is 37.9 Å². The number of ether oxygens (including phenoxy) is 8. The third-order valence-corrected chi connectivity index (χ3v) is 22.5. The number of nitrogens with zero attached hydrogens (tertiary/aromatic N) is 2. The highest BCUT2D eigenvalue weighted by molar-refractivity contribution is 5.00. The lowest BCUT2D eigenvalue weighted by Gasteiger charge is -2.54. The number of rotatable bonds is 22. The number of hydrogen-bond acceptors (Lipinski definition) is 10. The lowest BCUT2D eigenvalue weighted by atomic mass is 9.56. The molecule has 4 saturated heterocycles. The molecule has 4 unspecified atom stereocenters. The van der Waals surface area contributed by atoms with Crippen LogP contribution in [0.2, 0.25) is 0 Å². The molecule has 6 aliphatic carbocycles. The van der Waals surface area contributed by atoms with E-state index in [0.717, 1.165) is 133 Å². The van der Waals surface area contributed by atoms with E-state index in [1.807, 2.05) is 0 Å². The van der Waals surface area contributed by atoms with Crippen LogP contribution in [0.4, 0.5) is 0 Å². The van der Waals surface area contributed by atoms with E-state index in [0.29, 0.717) is 29.1 Å². The molecule has 438 valence electrons. The molecular formula is C66H116N2O8. The molecule has 0 bridgehead atoms. The van der Waals surface area contributed by atoms with E-state index in [9.17, 15) is 0 Å². The molecule has 0 amide bonds. The van der Waals surface area contributed by atoms with Gasteiger partial charge in [0.2, 0.25) is 0 Å². The standard InChI is InChI=1S/C66H116N2O8/c1-49(2)44-66(3,54-24-36-60(37-25-54)67(56-28-16-50(17-29-56)45-73-62-12-4-8-40-69-62)57-30-18-51(19-31-57)46-74-63-13-5-9-41-70-63)55-26-38-61(39-27-55)68(58-32-20-52(21-33-58)47-75-64-14-6-10-42-71-64)59-34-22-53(23-35-59)48-76-65-15-7-11-43-72-65/h49-65H,4-48H2,1-3H3. The molecule has 76 heavy (non-hydrogen) atoms. The van der Waals surface area contributed by atoms with Gasteiger partial charge in [0, 0.05) is 62.7 Å². The molecule has 0 aromatic rings. The van der Waals surface area contributed by atoms with Crippen molar-refractivity contribution in [2.75, 3.05) is 52.9 Å². The van der Waals surface area contributed by atoms with Crippen LogP contribution in [0, 0.1) is 46.8 Å². The smallest absolute Gasteiger partial charge is 0.157 e. The van der Waals surface area contributed by atoms with Gasteiger partial charge in [-0.3, -0.25) is 9.80 Å². The van der Waals surface area contributed by atoms with Crippen LogP contribution in [0.3, 0.4) is 0 Å². The second-order valence-electron chi connectivity index (χ2n) is 28.2. The predicted octanol–water partition coefficient (Wildman–Crippen LogP) is 15.2. The summed E-state index contributed by atoms with van der Waals surface area (Å²) in [7, 11) is 0. The van der Waals surface area contributed by atoms with Gasteiger partial charge in [-0.1, -0.05) is 20.8 Å². The van der Waals surface area contributed by atoms with Crippen molar-refractivity contribution in [3.05, 3.63) is 0 Å². The molecule has 0 radical (unpaired) electrons. The van der Waals surface area contributed by atoms with Gasteiger partial charge in [0.25, 0.3) is 0 Å². The Morgan fingerprint density at radius 1 is 0.329 bits per heavy atom. The first-order valence-corrected chi connectivity index (χ1v) is 33.8. The van der Waals surface area contributed by atoms with Crippen molar-refractivity contribution in [3.8, 4) is 0 Å². The van der Waals surface area contributed by atoms with Gasteiger partial charge in [-0.15, -0.1) is 0 Å². The van der Waals surface area contributed by atoms with Crippen LogP contribution >= 0.6 is 0 Å². The second-order valence-corrected chi connectivity index (χ2v) is 28.2. The minimum Gasteiger partial charge on any atom is -0.353 e. The zero-order valence-corrected chi connectivity index (χ0v) is 49.3. The maximum atomic E-state index is 6.40. The van der Waals surface area contributed by atoms with E-state index in [4.69, 9.17) is 37.9 Å². The Balaban J connectivity index is 0.755. The Morgan fingerprint density at radius 2 is 0.566 bits per heavy atom. The Labute approximate surface area is 465 Å². The molecule has 6 saturated carbocycles. The van der Waals surface area contributed by atoms with Gasteiger partial charge in [0.15, 0.2) is 25.2 Å². The van der Waals surface area contributed by atoms with E-state index >= 15 is 0 Å². The van der Waals surface area contributed by atoms with Crippen LogP contribution in [0.5, 0.6) is 0 Å². The minimum absolute atomic E-state index is 0.0410. The Morgan fingerprint density at radius 3 is 0.776 bits per heavy atom. The monoisotopic (exact) mass is 1060 g/mol. The summed E-state index contributed by atoms with van der Waals surface area (Å²) in [4.78, 5) is 6.44. The van der Waals surface area contributed by atoms with Gasteiger partial charge in [-0.05, 0) is 284 Å². The first-order chi connectivity index (χ1) is 37.3. The van der Waals surface area contributed by atoms with E-state index in [-0.39, 0.29) is 25.2 Å². The molecule has 0 aromatic carbocycles. The first kappa shape index (κ1) is 58.8. The predicted molar refractivity (Wildman–Crippen MR) is 304 cm³/mol. The third kappa shape index (κ3) is 16.7. The van der Waals surface area contributed by atoms with Crippen molar-refractivity contribution >= 4 is 0 Å². The van der Waals surface area contributed by atoms with Crippen LogP contribution in [0.15, 0.2) is 0 Å². The van der Waals surface area contributed by atoms with Crippen molar-refractivity contribution in [2.24, 2.45) is 46.8 Å². The van der Waals surface area contributed by atoms with Gasteiger partial charge in [0.05, 0.1) is 26.4 Å². The fourth-order valence-corrected chi connectivity index (χ4v) is 18.2. The molecule has 0 N–H and O–H groups in total. The third-order valence-electron chi connectivity index (χ3n) is 22.5. The lowest BCUT2D eigenvalue weighted by Crippen LogP contribution is -2.54. The van der Waals surface area contributed by atoms with E-state index < -0.39 is 0 Å². The lowest BCUT2D eigenvalue weighted by molar-refractivity contribution is -0.172. The van der Waals surface area contributed by atoms with Crippen LogP contribution in [-0.4, -0.2) is 124 Å². The topological polar surface area (TPSA) is 80.3 Å². The van der Waals surface area contributed by atoms with Crippen LogP contribution < -0.4 is 0 Å². The highest BCUT2D eigenvalue weighted by Gasteiger charge is 2.48. The molecule has 10 aliphatic rings. The summed E-state index contributed by atoms with van der Waals surface area (Å²) in [6.07, 6.45) is 48.4. The molecule has 4 atom stereocenters. The SMILES string of the molecule is CC(C)CC(C)(C1CCC(N(C2CCC(COC3CCCCO3)CC2)C2CCC(COC3CCCCO3)CC2)CC1)C1CCC(N(C2CCC(COC3CCCCO3)CC2)C2CCC(COC3CCCCO3)CC2)CC1. The van der Waals surface area contributed by atoms with Gasteiger partial charge >= 0.3 is 0 Å². The normalized spacial score (nSPS) is 40.5. The molecule has 10 rings (SSSR count). The van der Waals surface area contributed by atoms with Crippen LogP contribution in [0.25, 0.3) is 0 Å². The molecule has 0 aromatic heterocycles. The summed E-state index contributed by atoms with van der Waals surface area (Å²) < 4.78 is 49.6. The van der Waals surface area contributed by atoms with E-state index in [2.05, 4.69) is 30.6 Å². The van der Waals surface area contributed by atoms with Crippen molar-refractivity contribution in [1.82, 2.24) is 9.80 Å². The highest BCUT2D eigenvalue weighted by Crippen LogP contribution is 2.54. The fourth-order valence-electron chi connectivity index (χ4n) is 18.2. The summed E-state index contributed by atoms with van der Waals surface area (Å²) >= 11 is 0. The van der Waals surface area contributed by atoms with E-state index in [1.54, 1.807) is 0 Å². The Bertz CT molecular complexity index is 1370. The molecule has 0 spiro atoms. The summed E-state index contributed by atoms with van der Waals surface area (Å²) in [5.74, 6) is 5.21. The molecule has 10 nitrogen and oxygen atoms in total. The van der Waals surface area contributed by atoms with Gasteiger partial charge in [-0.25, -0.2) is 0 Å². The fraction of sp³-hybridized carbons (Fsp3) is 1.00. The average Bonchev–Trinajstić information content (AvgIpc) is 3.51. The maximum Gasteiger partial charge on any atom is 0.157 e. The summed E-state index contributed by atoms with van der Waals surface area (Å²) in [6.45, 7) is 15.0. The molecular weight excluding hydrogens is 949 g/mol. The zero-order valence-electron chi connectivity index (χ0n) is 49.3. The quantitative estimate of drug-likeness (QED) is 0.105. The zero-order chi connectivity index (χ0) is 51.9. The van der Waals surface area contributed by atoms with Crippen LogP contribution in [-0.2, 0) is 37.9 Å². The molecule has 4 aliphatic heterocycles. The minimum atomic E-state index is 0.0410. The summed E-state index contributed by atoms with van der Waals surface area (Å²) in [5.41, 5.74) is 0.431. The van der Waals surface area contributed by atoms with Crippen molar-refractivity contribution in [2.45, 2.75) is 320 Å². The average molecular weight is 1070 g/mol. The first-order valence-electron chi connectivity index (χ1n) is 33.8. The maximum absolute atomic E-state index is 6.40. The highest BCUT2D eigenvalue weighted by atomic mass is 16.7. The van der Waals surface area contributed by atoms with Gasteiger partial charge in [0.1, 0.15) is 0 Å².